The van der Waals surface area contributed by atoms with Gasteiger partial charge in [0.1, 0.15) is 13.2 Å². The Hall–Kier alpha value is -1.10. The smallest absolute Gasteiger partial charge is 0.248 e. The van der Waals surface area contributed by atoms with Crippen molar-refractivity contribution >= 4 is 11.8 Å². The molecule has 0 rings (SSSR count). The van der Waals surface area contributed by atoms with E-state index in [2.05, 4.69) is 37.5 Å². The van der Waals surface area contributed by atoms with Crippen molar-refractivity contribution in [3.63, 3.8) is 0 Å². The van der Waals surface area contributed by atoms with E-state index < -0.39 is 0 Å². The number of carbonyl (C=O) groups excluding carboxylic acids is 2. The van der Waals surface area contributed by atoms with E-state index in [1.165, 1.54) is 231 Å². The van der Waals surface area contributed by atoms with Gasteiger partial charge in [-0.15, -0.1) is 0 Å². The summed E-state index contributed by atoms with van der Waals surface area (Å²) in [4.78, 5) is 31.1. The molecule has 340 valence electrons. The Kier molecular flexibility index (Phi) is 46.7. The minimum Gasteiger partial charge on any atom is -0.362 e. The Labute approximate surface area is 358 Å². The molecule has 0 saturated heterocycles. The molecular formula is C52H104N2O3. The average molecular weight is 805 g/mol. The molecule has 0 aromatic rings. The molecule has 0 spiro atoms. The normalized spacial score (nSPS) is 11.4. The molecule has 0 aliphatic rings. The standard InChI is InChI=1S/C52H104N2O3/c1-5-9-13-17-21-25-29-33-37-41-45-53(46-42-38-34-30-26-22-18-14-10-6-2)51(55)49-57-50-52(56)54(47-43-39-35-31-27-23-19-15-11-7-3)48-44-40-36-32-28-24-20-16-12-8-4/h5-50H2,1-4H3. The number of unbranched alkanes of at least 4 members (excludes halogenated alkanes) is 36. The number of hydrogen-bond acceptors (Lipinski definition) is 3. The first-order chi connectivity index (χ1) is 28.1. The van der Waals surface area contributed by atoms with Crippen molar-refractivity contribution in [3.05, 3.63) is 0 Å². The third-order valence-electron chi connectivity index (χ3n) is 12.3. The van der Waals surface area contributed by atoms with Crippen molar-refractivity contribution in [2.24, 2.45) is 0 Å². The van der Waals surface area contributed by atoms with Crippen LogP contribution in [0.1, 0.15) is 285 Å². The molecule has 0 aromatic carbocycles. The minimum atomic E-state index is 0.0333. The molecule has 0 aromatic heterocycles. The topological polar surface area (TPSA) is 49.9 Å². The zero-order valence-corrected chi connectivity index (χ0v) is 39.6. The van der Waals surface area contributed by atoms with Crippen LogP contribution in [0, 0.1) is 0 Å². The lowest BCUT2D eigenvalue weighted by atomic mass is 10.1. The third kappa shape index (κ3) is 41.4. The van der Waals surface area contributed by atoms with Crippen LogP contribution in [0.15, 0.2) is 0 Å². The first kappa shape index (κ1) is 55.9. The van der Waals surface area contributed by atoms with Crippen LogP contribution in [0.3, 0.4) is 0 Å². The maximum atomic E-state index is 13.5. The summed E-state index contributed by atoms with van der Waals surface area (Å²) in [5, 5.41) is 0. The fraction of sp³-hybridized carbons (Fsp3) is 0.962. The lowest BCUT2D eigenvalue weighted by molar-refractivity contribution is -0.142. The summed E-state index contributed by atoms with van der Waals surface area (Å²) in [6, 6.07) is 0. The highest BCUT2D eigenvalue weighted by Gasteiger charge is 2.17. The van der Waals surface area contributed by atoms with Gasteiger partial charge in [0.2, 0.25) is 11.8 Å². The fourth-order valence-corrected chi connectivity index (χ4v) is 8.29. The number of carbonyl (C=O) groups is 2. The molecule has 2 amide bonds. The van der Waals surface area contributed by atoms with Crippen LogP contribution >= 0.6 is 0 Å². The van der Waals surface area contributed by atoms with Crippen LogP contribution < -0.4 is 0 Å². The van der Waals surface area contributed by atoms with Gasteiger partial charge in [0.25, 0.3) is 0 Å². The van der Waals surface area contributed by atoms with Gasteiger partial charge in [-0.2, -0.15) is 0 Å². The molecule has 0 heterocycles. The van der Waals surface area contributed by atoms with E-state index >= 15 is 0 Å². The van der Waals surface area contributed by atoms with Crippen molar-refractivity contribution in [2.45, 2.75) is 285 Å². The summed E-state index contributed by atoms with van der Waals surface area (Å²) in [5.74, 6) is 0.149. The molecule has 5 heteroatoms. The Morgan fingerprint density at radius 1 is 0.263 bits per heavy atom. The maximum absolute atomic E-state index is 13.5. The van der Waals surface area contributed by atoms with Gasteiger partial charge in [0.15, 0.2) is 0 Å². The predicted molar refractivity (Wildman–Crippen MR) is 251 cm³/mol. The lowest BCUT2D eigenvalue weighted by Gasteiger charge is -2.24. The van der Waals surface area contributed by atoms with Crippen molar-refractivity contribution in [1.29, 1.82) is 0 Å². The van der Waals surface area contributed by atoms with Crippen LogP contribution in [0.4, 0.5) is 0 Å². The molecule has 0 bridgehead atoms. The average Bonchev–Trinajstić information content (AvgIpc) is 3.21. The molecule has 0 saturated carbocycles. The quantitative estimate of drug-likeness (QED) is 0.0576. The highest BCUT2D eigenvalue weighted by molar-refractivity contribution is 5.79. The van der Waals surface area contributed by atoms with E-state index in [9.17, 15) is 9.59 Å². The van der Waals surface area contributed by atoms with E-state index in [4.69, 9.17) is 4.74 Å². The van der Waals surface area contributed by atoms with Crippen molar-refractivity contribution in [3.8, 4) is 0 Å². The molecule has 0 atom stereocenters. The molecular weight excluding hydrogens is 701 g/mol. The highest BCUT2D eigenvalue weighted by atomic mass is 16.5. The minimum absolute atomic E-state index is 0.0333. The Balaban J connectivity index is 4.82. The first-order valence-electron chi connectivity index (χ1n) is 26.2. The number of rotatable bonds is 48. The van der Waals surface area contributed by atoms with Crippen molar-refractivity contribution in [1.82, 2.24) is 9.80 Å². The first-order valence-corrected chi connectivity index (χ1v) is 26.2. The van der Waals surface area contributed by atoms with Crippen LogP contribution in [0.25, 0.3) is 0 Å². The van der Waals surface area contributed by atoms with E-state index in [1.54, 1.807) is 0 Å². The molecule has 57 heavy (non-hydrogen) atoms. The van der Waals surface area contributed by atoms with Gasteiger partial charge in [0, 0.05) is 26.2 Å². The van der Waals surface area contributed by atoms with Crippen LogP contribution in [0.2, 0.25) is 0 Å². The second kappa shape index (κ2) is 47.6. The van der Waals surface area contributed by atoms with E-state index in [0.717, 1.165) is 51.9 Å². The van der Waals surface area contributed by atoms with E-state index in [1.807, 2.05) is 0 Å². The predicted octanol–water partition coefficient (Wildman–Crippen LogP) is 16.3. The van der Waals surface area contributed by atoms with Crippen molar-refractivity contribution < 1.29 is 14.3 Å². The summed E-state index contributed by atoms with van der Waals surface area (Å²) in [6.07, 6.45) is 52.1. The van der Waals surface area contributed by atoms with Gasteiger partial charge in [-0.1, -0.05) is 259 Å². The van der Waals surface area contributed by atoms with Crippen LogP contribution in [-0.4, -0.2) is 61.0 Å². The monoisotopic (exact) mass is 805 g/mol. The van der Waals surface area contributed by atoms with Crippen LogP contribution in [-0.2, 0) is 14.3 Å². The summed E-state index contributed by atoms with van der Waals surface area (Å²) < 4.78 is 5.94. The zero-order chi connectivity index (χ0) is 41.5. The second-order valence-electron chi connectivity index (χ2n) is 18.0. The largest absolute Gasteiger partial charge is 0.362 e. The SMILES string of the molecule is CCCCCCCCCCCCN(CCCCCCCCCCCC)C(=O)COCC(=O)N(CCCCCCCCCCCC)CCCCCCCCCCCC. The van der Waals surface area contributed by atoms with Gasteiger partial charge in [-0.3, -0.25) is 9.59 Å². The summed E-state index contributed by atoms with van der Waals surface area (Å²) in [6.45, 7) is 12.5. The highest BCUT2D eigenvalue weighted by Crippen LogP contribution is 2.15. The molecule has 0 radical (unpaired) electrons. The Morgan fingerprint density at radius 3 is 0.596 bits per heavy atom. The second-order valence-corrected chi connectivity index (χ2v) is 18.0. The van der Waals surface area contributed by atoms with Crippen LogP contribution in [0.5, 0.6) is 0 Å². The summed E-state index contributed by atoms with van der Waals surface area (Å²) in [5.41, 5.74) is 0. The molecule has 0 unspecified atom stereocenters. The summed E-state index contributed by atoms with van der Waals surface area (Å²) in [7, 11) is 0. The van der Waals surface area contributed by atoms with E-state index in [0.29, 0.717) is 0 Å². The molecule has 5 nitrogen and oxygen atoms in total. The number of hydrogen-bond donors (Lipinski definition) is 0. The lowest BCUT2D eigenvalue weighted by Crippen LogP contribution is -2.39. The zero-order valence-electron chi connectivity index (χ0n) is 39.6. The summed E-state index contributed by atoms with van der Waals surface area (Å²) >= 11 is 0. The fourth-order valence-electron chi connectivity index (χ4n) is 8.29. The van der Waals surface area contributed by atoms with Gasteiger partial charge >= 0.3 is 0 Å². The van der Waals surface area contributed by atoms with Gasteiger partial charge < -0.3 is 14.5 Å². The number of ether oxygens (including phenoxy) is 1. The Morgan fingerprint density at radius 2 is 0.421 bits per heavy atom. The molecule has 0 aliphatic carbocycles. The van der Waals surface area contributed by atoms with Gasteiger partial charge in [-0.05, 0) is 25.7 Å². The van der Waals surface area contributed by atoms with Crippen molar-refractivity contribution in [2.75, 3.05) is 39.4 Å². The maximum Gasteiger partial charge on any atom is 0.248 e. The van der Waals surface area contributed by atoms with Gasteiger partial charge in [0.05, 0.1) is 0 Å². The molecule has 0 N–H and O–H groups in total. The number of amides is 2. The van der Waals surface area contributed by atoms with Gasteiger partial charge in [-0.25, -0.2) is 0 Å². The molecule has 0 aliphatic heterocycles. The number of nitrogens with zero attached hydrogens (tertiary/aromatic N) is 2. The molecule has 0 fully saturated rings. The Bertz CT molecular complexity index is 692. The third-order valence-corrected chi connectivity index (χ3v) is 12.3. The van der Waals surface area contributed by atoms with E-state index in [-0.39, 0.29) is 25.0 Å².